The maximum absolute atomic E-state index is 10.3. The second kappa shape index (κ2) is 7.12. The van der Waals surface area contributed by atoms with Crippen molar-refractivity contribution >= 4 is 21.6 Å². The summed E-state index contributed by atoms with van der Waals surface area (Å²) in [5.74, 6) is 0. The molecule has 1 aromatic rings. The third-order valence-electron chi connectivity index (χ3n) is 4.15. The number of rotatable bonds is 4. The fourth-order valence-corrected chi connectivity index (χ4v) is 3.15. The molecule has 118 valence electrons. The second-order valence-corrected chi connectivity index (χ2v) is 7.56. The molecule has 0 saturated carbocycles. The van der Waals surface area contributed by atoms with Crippen LogP contribution < -0.4 is 10.2 Å². The van der Waals surface area contributed by atoms with E-state index < -0.39 is 5.60 Å². The number of halogens is 1. The van der Waals surface area contributed by atoms with Gasteiger partial charge in [-0.2, -0.15) is 0 Å². The summed E-state index contributed by atoms with van der Waals surface area (Å²) in [7, 11) is 0. The molecule has 1 aromatic carbocycles. The monoisotopic (exact) mass is 354 g/mol. The van der Waals surface area contributed by atoms with E-state index in [1.807, 2.05) is 6.92 Å². The smallest absolute Gasteiger partial charge is 0.0637 e. The molecule has 0 amide bonds. The molecule has 0 bridgehead atoms. The Labute approximate surface area is 136 Å². The Morgan fingerprint density at radius 2 is 2.10 bits per heavy atom. The van der Waals surface area contributed by atoms with Crippen LogP contribution in [0.2, 0.25) is 0 Å². The number of nitrogens with one attached hydrogen (secondary N) is 1. The average molecular weight is 355 g/mol. The molecule has 1 heterocycles. The van der Waals surface area contributed by atoms with Crippen LogP contribution in [0.1, 0.15) is 45.6 Å². The summed E-state index contributed by atoms with van der Waals surface area (Å²) >= 11 is 3.59. The fraction of sp³-hybridized carbons (Fsp3) is 0.647. The summed E-state index contributed by atoms with van der Waals surface area (Å²) in [5.41, 5.74) is 2.10. The van der Waals surface area contributed by atoms with Gasteiger partial charge < -0.3 is 15.3 Å². The van der Waals surface area contributed by atoms with Crippen molar-refractivity contribution in [3.05, 3.63) is 28.2 Å². The first-order valence-corrected chi connectivity index (χ1v) is 8.66. The van der Waals surface area contributed by atoms with Crippen LogP contribution in [0.4, 0.5) is 5.69 Å². The molecule has 1 aliphatic heterocycles. The van der Waals surface area contributed by atoms with Crippen molar-refractivity contribution in [2.75, 3.05) is 18.0 Å². The Bertz CT molecular complexity index is 474. The van der Waals surface area contributed by atoms with Crippen LogP contribution in [0.5, 0.6) is 0 Å². The van der Waals surface area contributed by atoms with Crippen LogP contribution in [0.25, 0.3) is 0 Å². The summed E-state index contributed by atoms with van der Waals surface area (Å²) in [6, 6.07) is 6.98. The third kappa shape index (κ3) is 4.97. The molecule has 21 heavy (non-hydrogen) atoms. The molecular formula is C17H27BrN2O. The van der Waals surface area contributed by atoms with Crippen LogP contribution in [-0.2, 0) is 6.54 Å². The summed E-state index contributed by atoms with van der Waals surface area (Å²) in [5, 5.41) is 13.8. The highest BCUT2D eigenvalue weighted by molar-refractivity contribution is 9.10. The average Bonchev–Trinajstić information content (AvgIpc) is 2.58. The standard InChI is InChI=1S/C17H27BrN2O/c1-13(2)19-12-14-5-6-15(18)11-16(14)20-9-4-7-17(3,21)8-10-20/h5-6,11,13,19,21H,4,7-10,12H2,1-3H3. The molecule has 1 saturated heterocycles. The minimum absolute atomic E-state index is 0.478. The maximum atomic E-state index is 10.3. The van der Waals surface area contributed by atoms with E-state index in [1.165, 1.54) is 11.3 Å². The van der Waals surface area contributed by atoms with E-state index in [9.17, 15) is 5.11 Å². The molecule has 0 aliphatic carbocycles. The normalized spacial score (nSPS) is 23.4. The fourth-order valence-electron chi connectivity index (χ4n) is 2.80. The van der Waals surface area contributed by atoms with Crippen LogP contribution >= 0.6 is 15.9 Å². The molecule has 0 aromatic heterocycles. The van der Waals surface area contributed by atoms with E-state index in [0.29, 0.717) is 6.04 Å². The Kier molecular flexibility index (Phi) is 5.69. The minimum Gasteiger partial charge on any atom is -0.390 e. The van der Waals surface area contributed by atoms with Gasteiger partial charge in [0.05, 0.1) is 5.60 Å². The van der Waals surface area contributed by atoms with E-state index >= 15 is 0 Å². The summed E-state index contributed by atoms with van der Waals surface area (Å²) < 4.78 is 1.11. The zero-order chi connectivity index (χ0) is 15.5. The molecular weight excluding hydrogens is 328 g/mol. The highest BCUT2D eigenvalue weighted by Gasteiger charge is 2.25. The maximum Gasteiger partial charge on any atom is 0.0637 e. The van der Waals surface area contributed by atoms with Gasteiger partial charge in [0.25, 0.3) is 0 Å². The Morgan fingerprint density at radius 3 is 2.81 bits per heavy atom. The molecule has 0 radical (unpaired) electrons. The highest BCUT2D eigenvalue weighted by atomic mass is 79.9. The zero-order valence-corrected chi connectivity index (χ0v) is 14.9. The molecule has 1 fully saturated rings. The number of nitrogens with zero attached hydrogens (tertiary/aromatic N) is 1. The minimum atomic E-state index is -0.517. The number of aliphatic hydroxyl groups is 1. The predicted molar refractivity (Wildman–Crippen MR) is 92.8 cm³/mol. The molecule has 4 heteroatoms. The zero-order valence-electron chi connectivity index (χ0n) is 13.3. The topological polar surface area (TPSA) is 35.5 Å². The van der Waals surface area contributed by atoms with Crippen molar-refractivity contribution < 1.29 is 5.11 Å². The van der Waals surface area contributed by atoms with E-state index in [4.69, 9.17) is 0 Å². The molecule has 1 aliphatic rings. The first-order valence-electron chi connectivity index (χ1n) is 7.86. The van der Waals surface area contributed by atoms with Gasteiger partial charge in [-0.1, -0.05) is 35.8 Å². The predicted octanol–water partition coefficient (Wildman–Crippen LogP) is 3.69. The Hall–Kier alpha value is -0.580. The van der Waals surface area contributed by atoms with Gasteiger partial charge in [-0.3, -0.25) is 0 Å². The van der Waals surface area contributed by atoms with E-state index in [0.717, 1.165) is 43.4 Å². The van der Waals surface area contributed by atoms with Gasteiger partial charge in [0.2, 0.25) is 0 Å². The number of hydrogen-bond donors (Lipinski definition) is 2. The van der Waals surface area contributed by atoms with Crippen LogP contribution in [0, 0.1) is 0 Å². The largest absolute Gasteiger partial charge is 0.390 e. The van der Waals surface area contributed by atoms with E-state index in [2.05, 4.69) is 58.2 Å². The first kappa shape index (κ1) is 16.8. The van der Waals surface area contributed by atoms with Crippen molar-refractivity contribution in [3.8, 4) is 0 Å². The summed E-state index contributed by atoms with van der Waals surface area (Å²) in [6.45, 7) is 9.11. The van der Waals surface area contributed by atoms with Crippen molar-refractivity contribution in [1.29, 1.82) is 0 Å². The molecule has 1 unspecified atom stereocenters. The highest BCUT2D eigenvalue weighted by Crippen LogP contribution is 2.30. The van der Waals surface area contributed by atoms with E-state index in [1.54, 1.807) is 0 Å². The third-order valence-corrected chi connectivity index (χ3v) is 4.65. The van der Waals surface area contributed by atoms with Crippen molar-refractivity contribution in [3.63, 3.8) is 0 Å². The molecule has 2 N–H and O–H groups in total. The summed E-state index contributed by atoms with van der Waals surface area (Å²) in [4.78, 5) is 2.42. The lowest BCUT2D eigenvalue weighted by atomic mass is 9.98. The first-order chi connectivity index (χ1) is 9.87. The van der Waals surface area contributed by atoms with Crippen LogP contribution in [-0.4, -0.2) is 29.8 Å². The van der Waals surface area contributed by atoms with Crippen molar-refractivity contribution in [2.24, 2.45) is 0 Å². The van der Waals surface area contributed by atoms with Crippen molar-refractivity contribution in [2.45, 2.75) is 58.2 Å². The van der Waals surface area contributed by atoms with Gasteiger partial charge in [0, 0.05) is 35.8 Å². The van der Waals surface area contributed by atoms with Gasteiger partial charge in [0.1, 0.15) is 0 Å². The lowest BCUT2D eigenvalue weighted by Crippen LogP contribution is -2.30. The Morgan fingerprint density at radius 1 is 1.33 bits per heavy atom. The van der Waals surface area contributed by atoms with Gasteiger partial charge in [0.15, 0.2) is 0 Å². The second-order valence-electron chi connectivity index (χ2n) is 6.65. The molecule has 1 atom stereocenters. The lowest BCUT2D eigenvalue weighted by molar-refractivity contribution is 0.0481. The molecule has 0 spiro atoms. The number of benzene rings is 1. The number of hydrogen-bond acceptors (Lipinski definition) is 3. The molecule has 2 rings (SSSR count). The van der Waals surface area contributed by atoms with E-state index in [-0.39, 0.29) is 0 Å². The lowest BCUT2D eigenvalue weighted by Gasteiger charge is -2.27. The van der Waals surface area contributed by atoms with Gasteiger partial charge in [-0.25, -0.2) is 0 Å². The van der Waals surface area contributed by atoms with Gasteiger partial charge in [-0.05, 0) is 43.9 Å². The Balaban J connectivity index is 2.18. The number of anilines is 1. The van der Waals surface area contributed by atoms with Gasteiger partial charge in [-0.15, -0.1) is 0 Å². The summed E-state index contributed by atoms with van der Waals surface area (Å²) in [6.07, 6.45) is 2.75. The molecule has 3 nitrogen and oxygen atoms in total. The van der Waals surface area contributed by atoms with Crippen molar-refractivity contribution in [1.82, 2.24) is 5.32 Å². The quantitative estimate of drug-likeness (QED) is 0.865. The SMILES string of the molecule is CC(C)NCc1ccc(Br)cc1N1CCCC(C)(O)CC1. The van der Waals surface area contributed by atoms with Crippen LogP contribution in [0.15, 0.2) is 22.7 Å². The van der Waals surface area contributed by atoms with Gasteiger partial charge >= 0.3 is 0 Å². The van der Waals surface area contributed by atoms with Crippen LogP contribution in [0.3, 0.4) is 0 Å².